The van der Waals surface area contributed by atoms with Crippen molar-refractivity contribution in [2.24, 2.45) is 0 Å². The van der Waals surface area contributed by atoms with Gasteiger partial charge in [-0.15, -0.1) is 0 Å². The number of carbonyl (C=O) groups is 2. The Kier molecular flexibility index (Phi) is 6.18. The van der Waals surface area contributed by atoms with E-state index in [0.717, 1.165) is 6.42 Å². The Hall–Kier alpha value is -2.56. The zero-order chi connectivity index (χ0) is 17.5. The number of phenols is 1. The van der Waals surface area contributed by atoms with Crippen LogP contribution in [0.25, 0.3) is 6.08 Å². The van der Waals surface area contributed by atoms with E-state index in [1.807, 2.05) is 6.08 Å². The van der Waals surface area contributed by atoms with Crippen molar-refractivity contribution in [3.05, 3.63) is 41.5 Å². The number of esters is 1. The molecule has 0 aromatic heterocycles. The predicted molar refractivity (Wildman–Crippen MR) is 91.2 cm³/mol. The van der Waals surface area contributed by atoms with E-state index in [2.05, 4.69) is 0 Å². The van der Waals surface area contributed by atoms with Crippen molar-refractivity contribution in [3.63, 3.8) is 0 Å². The van der Waals surface area contributed by atoms with Crippen molar-refractivity contribution < 1.29 is 24.2 Å². The van der Waals surface area contributed by atoms with Crippen molar-refractivity contribution in [2.45, 2.75) is 38.7 Å². The van der Waals surface area contributed by atoms with Gasteiger partial charge in [-0.2, -0.15) is 0 Å². The standard InChI is InChI=1S/C19H22O5/c1-13-7-6-10-15(20)9-5-3-4-8-14-11-16(23-2)12-17(21)18(14)19(22)24-13/h4,6,8,10-13,21H,3,5,7,9H2,1-2H3/b8-4+,10-6-/t13-/m0/s1. The molecule has 1 aliphatic heterocycles. The molecular weight excluding hydrogens is 308 g/mol. The average Bonchev–Trinajstić information content (AvgIpc) is 2.53. The number of hydrogen-bond acceptors (Lipinski definition) is 5. The summed E-state index contributed by atoms with van der Waals surface area (Å²) in [7, 11) is 1.49. The van der Waals surface area contributed by atoms with Gasteiger partial charge in [-0.3, -0.25) is 4.79 Å². The van der Waals surface area contributed by atoms with E-state index < -0.39 is 12.1 Å². The molecule has 1 aliphatic rings. The number of fused-ring (bicyclic) bond motifs is 1. The van der Waals surface area contributed by atoms with Crippen LogP contribution >= 0.6 is 0 Å². The van der Waals surface area contributed by atoms with Gasteiger partial charge in [0.15, 0.2) is 5.78 Å². The largest absolute Gasteiger partial charge is 0.507 e. The van der Waals surface area contributed by atoms with Gasteiger partial charge in [0.1, 0.15) is 23.2 Å². The van der Waals surface area contributed by atoms with Gasteiger partial charge in [0.2, 0.25) is 0 Å². The molecule has 0 radical (unpaired) electrons. The minimum atomic E-state index is -0.598. The second-order valence-corrected chi connectivity index (χ2v) is 5.73. The summed E-state index contributed by atoms with van der Waals surface area (Å²) in [4.78, 5) is 24.1. The number of allylic oxidation sites excluding steroid dienone is 2. The van der Waals surface area contributed by atoms with Crippen LogP contribution in [-0.4, -0.2) is 30.1 Å². The van der Waals surface area contributed by atoms with E-state index >= 15 is 0 Å². The molecule has 0 fully saturated rings. The Labute approximate surface area is 141 Å². The molecule has 0 unspecified atom stereocenters. The molecule has 0 saturated heterocycles. The number of hydrogen-bond donors (Lipinski definition) is 1. The normalized spacial score (nSPS) is 22.0. The molecule has 5 nitrogen and oxygen atoms in total. The van der Waals surface area contributed by atoms with Gasteiger partial charge < -0.3 is 14.6 Å². The zero-order valence-electron chi connectivity index (χ0n) is 14.0. The lowest BCUT2D eigenvalue weighted by Crippen LogP contribution is -2.15. The molecule has 0 spiro atoms. The fraction of sp³-hybridized carbons (Fsp3) is 0.368. The van der Waals surface area contributed by atoms with Gasteiger partial charge in [-0.05, 0) is 37.5 Å². The lowest BCUT2D eigenvalue weighted by Gasteiger charge is -2.15. The summed E-state index contributed by atoms with van der Waals surface area (Å²) in [6.07, 6.45) is 8.82. The quantitative estimate of drug-likeness (QED) is 0.796. The maximum atomic E-state index is 12.4. The van der Waals surface area contributed by atoms with Crippen molar-refractivity contribution in [2.75, 3.05) is 7.11 Å². The molecule has 0 aliphatic carbocycles. The number of cyclic esters (lactones) is 1. The average molecular weight is 330 g/mol. The van der Waals surface area contributed by atoms with Gasteiger partial charge >= 0.3 is 5.97 Å². The molecule has 0 bridgehead atoms. The molecule has 1 aromatic rings. The molecule has 1 atom stereocenters. The highest BCUT2D eigenvalue weighted by Gasteiger charge is 2.20. The molecule has 1 heterocycles. The summed E-state index contributed by atoms with van der Waals surface area (Å²) in [5, 5.41) is 10.2. The van der Waals surface area contributed by atoms with E-state index in [1.54, 1.807) is 25.1 Å². The molecule has 0 saturated carbocycles. The minimum absolute atomic E-state index is 0.0682. The molecule has 128 valence electrons. The van der Waals surface area contributed by atoms with E-state index in [-0.39, 0.29) is 17.1 Å². The van der Waals surface area contributed by atoms with Crippen LogP contribution in [0.2, 0.25) is 0 Å². The Morgan fingerprint density at radius 3 is 2.75 bits per heavy atom. The van der Waals surface area contributed by atoms with Crippen LogP contribution in [0.3, 0.4) is 0 Å². The van der Waals surface area contributed by atoms with Crippen LogP contribution < -0.4 is 4.74 Å². The van der Waals surface area contributed by atoms with Crippen LogP contribution in [-0.2, 0) is 9.53 Å². The summed E-state index contributed by atoms with van der Waals surface area (Å²) in [6.45, 7) is 1.74. The Morgan fingerprint density at radius 1 is 1.21 bits per heavy atom. The Morgan fingerprint density at radius 2 is 2.00 bits per heavy atom. The molecule has 1 aromatic carbocycles. The number of phenolic OH excluding ortho intramolecular Hbond substituents is 1. The first-order valence-electron chi connectivity index (χ1n) is 7.99. The summed E-state index contributed by atoms with van der Waals surface area (Å²) >= 11 is 0. The number of ether oxygens (including phenoxy) is 2. The first-order valence-corrected chi connectivity index (χ1v) is 7.99. The van der Waals surface area contributed by atoms with Gasteiger partial charge in [0.25, 0.3) is 0 Å². The highest BCUT2D eigenvalue weighted by atomic mass is 16.5. The highest BCUT2D eigenvalue weighted by Crippen LogP contribution is 2.30. The number of methoxy groups -OCH3 is 1. The maximum absolute atomic E-state index is 12.4. The van der Waals surface area contributed by atoms with Crippen molar-refractivity contribution >= 4 is 17.8 Å². The molecule has 5 heteroatoms. The summed E-state index contributed by atoms with van der Waals surface area (Å²) in [5.41, 5.74) is 0.652. The van der Waals surface area contributed by atoms with Crippen LogP contribution in [0.15, 0.2) is 30.4 Å². The Bertz CT molecular complexity index is 673. The second-order valence-electron chi connectivity index (χ2n) is 5.73. The molecule has 24 heavy (non-hydrogen) atoms. The minimum Gasteiger partial charge on any atom is -0.507 e. The predicted octanol–water partition coefficient (Wildman–Crippen LogP) is 3.66. The topological polar surface area (TPSA) is 72.8 Å². The van der Waals surface area contributed by atoms with Crippen LogP contribution in [0.4, 0.5) is 0 Å². The van der Waals surface area contributed by atoms with Gasteiger partial charge in [-0.1, -0.05) is 18.2 Å². The number of ketones is 1. The van der Waals surface area contributed by atoms with Crippen molar-refractivity contribution in [3.8, 4) is 11.5 Å². The third kappa shape index (κ3) is 4.72. The number of carbonyl (C=O) groups excluding carboxylic acids is 2. The van der Waals surface area contributed by atoms with Crippen LogP contribution in [0.5, 0.6) is 11.5 Å². The lowest BCUT2D eigenvalue weighted by atomic mass is 10.0. The van der Waals surface area contributed by atoms with E-state index in [4.69, 9.17) is 9.47 Å². The number of rotatable bonds is 1. The van der Waals surface area contributed by atoms with E-state index in [0.29, 0.717) is 30.6 Å². The first kappa shape index (κ1) is 17.8. The first-order chi connectivity index (χ1) is 11.5. The molecular formula is C19H22O5. The fourth-order valence-electron chi connectivity index (χ4n) is 2.46. The number of benzene rings is 1. The molecule has 2 rings (SSSR count). The fourth-order valence-corrected chi connectivity index (χ4v) is 2.46. The van der Waals surface area contributed by atoms with Gasteiger partial charge in [0.05, 0.1) is 7.11 Å². The Balaban J connectivity index is 2.38. The summed E-state index contributed by atoms with van der Waals surface area (Å²) in [5.74, 6) is -0.252. The summed E-state index contributed by atoms with van der Waals surface area (Å²) < 4.78 is 10.5. The molecule has 1 N–H and O–H groups in total. The highest BCUT2D eigenvalue weighted by molar-refractivity contribution is 5.97. The lowest BCUT2D eigenvalue weighted by molar-refractivity contribution is -0.114. The third-order valence-corrected chi connectivity index (χ3v) is 3.73. The van der Waals surface area contributed by atoms with E-state index in [9.17, 15) is 14.7 Å². The maximum Gasteiger partial charge on any atom is 0.342 e. The van der Waals surface area contributed by atoms with Crippen LogP contribution in [0, 0.1) is 0 Å². The van der Waals surface area contributed by atoms with E-state index in [1.165, 1.54) is 19.3 Å². The van der Waals surface area contributed by atoms with Crippen molar-refractivity contribution in [1.82, 2.24) is 0 Å². The third-order valence-electron chi connectivity index (χ3n) is 3.73. The second kappa shape index (κ2) is 8.34. The molecule has 0 amide bonds. The van der Waals surface area contributed by atoms with Crippen LogP contribution in [0.1, 0.15) is 48.5 Å². The van der Waals surface area contributed by atoms with Crippen molar-refractivity contribution in [1.29, 1.82) is 0 Å². The van der Waals surface area contributed by atoms with Gasteiger partial charge in [-0.25, -0.2) is 4.79 Å². The van der Waals surface area contributed by atoms with Gasteiger partial charge in [0, 0.05) is 18.9 Å². The summed E-state index contributed by atoms with van der Waals surface area (Å²) in [6, 6.07) is 3.06. The number of aromatic hydroxyl groups is 1. The SMILES string of the molecule is COc1cc(O)c2c(c1)/C=C/CCCC(=O)/C=C\C[C@H](C)OC2=O. The zero-order valence-corrected chi connectivity index (χ0v) is 14.0. The smallest absolute Gasteiger partial charge is 0.342 e. The monoisotopic (exact) mass is 330 g/mol.